The second-order valence-corrected chi connectivity index (χ2v) is 8.35. The predicted molar refractivity (Wildman–Crippen MR) is 119 cm³/mol. The van der Waals surface area contributed by atoms with Crippen LogP contribution < -0.4 is 5.69 Å². The summed E-state index contributed by atoms with van der Waals surface area (Å²) in [6.45, 7) is 1.81. The van der Waals surface area contributed by atoms with E-state index in [4.69, 9.17) is 0 Å². The van der Waals surface area contributed by atoms with Gasteiger partial charge in [0, 0.05) is 30.4 Å². The molecule has 7 heteroatoms. The molecule has 0 saturated heterocycles. The summed E-state index contributed by atoms with van der Waals surface area (Å²) in [5, 5.41) is 13.8. The molecule has 0 aliphatic heterocycles. The monoisotopic (exact) mass is 416 g/mol. The van der Waals surface area contributed by atoms with Crippen molar-refractivity contribution in [1.82, 2.24) is 18.9 Å². The number of carboxylic acids is 1. The molecular weight excluding hydrogens is 392 g/mol. The van der Waals surface area contributed by atoms with Crippen LogP contribution in [0.5, 0.6) is 0 Å². The van der Waals surface area contributed by atoms with Gasteiger partial charge in [0.05, 0.1) is 11.0 Å². The van der Waals surface area contributed by atoms with Gasteiger partial charge < -0.3 is 5.11 Å². The van der Waals surface area contributed by atoms with Crippen LogP contribution in [0.1, 0.15) is 30.9 Å². The molecule has 2 heterocycles. The molecule has 5 rings (SSSR count). The first-order valence-electron chi connectivity index (χ1n) is 10.5. The smallest absolute Gasteiger partial charge is 0.329 e. The number of hydrogen-bond acceptors (Lipinski definition) is 3. The SMILES string of the molecule is Cc1cccc(-c2nn(CC(=O)O)cc2-c2ccc3c(c2)n(C)c(=O)n3C2CCC2)c1. The highest BCUT2D eigenvalue weighted by Crippen LogP contribution is 2.36. The lowest BCUT2D eigenvalue weighted by Crippen LogP contribution is -2.29. The van der Waals surface area contributed by atoms with Crippen LogP contribution in [0.15, 0.2) is 53.5 Å². The minimum atomic E-state index is -0.944. The number of imidazole rings is 1. The van der Waals surface area contributed by atoms with Crippen LogP contribution in [0.4, 0.5) is 0 Å². The van der Waals surface area contributed by atoms with Crippen LogP contribution in [0, 0.1) is 6.92 Å². The van der Waals surface area contributed by atoms with E-state index < -0.39 is 5.97 Å². The van der Waals surface area contributed by atoms with Crippen LogP contribution >= 0.6 is 0 Å². The number of aromatic nitrogens is 4. The zero-order chi connectivity index (χ0) is 21.7. The molecule has 1 fully saturated rings. The van der Waals surface area contributed by atoms with Gasteiger partial charge in [-0.1, -0.05) is 29.8 Å². The minimum Gasteiger partial charge on any atom is -0.480 e. The number of carboxylic acid groups (broad SMARTS) is 1. The Morgan fingerprint density at radius 2 is 1.94 bits per heavy atom. The van der Waals surface area contributed by atoms with Crippen molar-refractivity contribution in [2.45, 2.75) is 38.8 Å². The standard InChI is InChI=1S/C24H24N4O3/c1-15-5-3-6-17(11-15)23-19(13-27(25-23)14-22(29)30)16-9-10-20-21(12-16)26(2)24(31)28(20)18-7-4-8-18/h3,5-6,9-13,18H,4,7-8,14H2,1-2H3,(H,29,30). The molecule has 0 radical (unpaired) electrons. The minimum absolute atomic E-state index is 0.0114. The number of nitrogens with zero attached hydrogens (tertiary/aromatic N) is 4. The van der Waals surface area contributed by atoms with Crippen LogP contribution in [0.2, 0.25) is 0 Å². The molecule has 0 amide bonds. The fourth-order valence-electron chi connectivity index (χ4n) is 4.39. The Labute approximate surface area is 179 Å². The molecule has 1 saturated carbocycles. The number of carbonyl (C=O) groups is 1. The quantitative estimate of drug-likeness (QED) is 0.533. The van der Waals surface area contributed by atoms with E-state index in [0.29, 0.717) is 0 Å². The fraction of sp³-hybridized carbons (Fsp3) is 0.292. The number of fused-ring (bicyclic) bond motifs is 1. The summed E-state index contributed by atoms with van der Waals surface area (Å²) in [5.41, 5.74) is 6.34. The highest BCUT2D eigenvalue weighted by molar-refractivity contribution is 5.87. The summed E-state index contributed by atoms with van der Waals surface area (Å²) >= 11 is 0. The maximum Gasteiger partial charge on any atom is 0.329 e. The highest BCUT2D eigenvalue weighted by atomic mass is 16.4. The number of hydrogen-bond donors (Lipinski definition) is 1. The van der Waals surface area contributed by atoms with E-state index in [-0.39, 0.29) is 18.3 Å². The van der Waals surface area contributed by atoms with Crippen molar-refractivity contribution in [3.05, 3.63) is 64.7 Å². The van der Waals surface area contributed by atoms with Gasteiger partial charge in [-0.3, -0.25) is 18.6 Å². The van der Waals surface area contributed by atoms with E-state index in [1.54, 1.807) is 17.8 Å². The van der Waals surface area contributed by atoms with Crippen molar-refractivity contribution in [2.75, 3.05) is 0 Å². The molecule has 2 aromatic heterocycles. The molecule has 31 heavy (non-hydrogen) atoms. The summed E-state index contributed by atoms with van der Waals surface area (Å²) in [6, 6.07) is 14.3. The Kier molecular flexibility index (Phi) is 4.54. The van der Waals surface area contributed by atoms with E-state index in [2.05, 4.69) is 5.10 Å². The molecule has 1 aliphatic carbocycles. The molecule has 0 atom stereocenters. The van der Waals surface area contributed by atoms with E-state index in [1.807, 2.05) is 54.0 Å². The predicted octanol–water partition coefficient (Wildman–Crippen LogP) is 3.99. The van der Waals surface area contributed by atoms with E-state index in [0.717, 1.165) is 58.2 Å². The van der Waals surface area contributed by atoms with Crippen molar-refractivity contribution in [3.8, 4) is 22.4 Å². The summed E-state index contributed by atoms with van der Waals surface area (Å²) < 4.78 is 5.07. The molecule has 7 nitrogen and oxygen atoms in total. The van der Waals surface area contributed by atoms with Gasteiger partial charge in [-0.25, -0.2) is 4.79 Å². The lowest BCUT2D eigenvalue weighted by Gasteiger charge is -2.26. The van der Waals surface area contributed by atoms with Gasteiger partial charge in [-0.05, 0) is 49.9 Å². The average Bonchev–Trinajstić information content (AvgIpc) is 3.21. The molecule has 1 aliphatic rings. The Morgan fingerprint density at radius 1 is 1.13 bits per heavy atom. The van der Waals surface area contributed by atoms with Crippen molar-refractivity contribution in [1.29, 1.82) is 0 Å². The van der Waals surface area contributed by atoms with Crippen molar-refractivity contribution >= 4 is 17.0 Å². The molecule has 0 unspecified atom stereocenters. The second-order valence-electron chi connectivity index (χ2n) is 8.35. The topological polar surface area (TPSA) is 82.1 Å². The van der Waals surface area contributed by atoms with Gasteiger partial charge in [0.1, 0.15) is 12.2 Å². The Bertz CT molecular complexity index is 1370. The molecular formula is C24H24N4O3. The van der Waals surface area contributed by atoms with Crippen LogP contribution in [0.25, 0.3) is 33.4 Å². The molecule has 0 spiro atoms. The van der Waals surface area contributed by atoms with Crippen LogP contribution in [-0.4, -0.2) is 30.0 Å². The van der Waals surface area contributed by atoms with Crippen LogP contribution in [0.3, 0.4) is 0 Å². The summed E-state index contributed by atoms with van der Waals surface area (Å²) in [6.07, 6.45) is 5.02. The van der Waals surface area contributed by atoms with Crippen LogP contribution in [-0.2, 0) is 18.4 Å². The average molecular weight is 416 g/mol. The highest BCUT2D eigenvalue weighted by Gasteiger charge is 2.25. The maximum absolute atomic E-state index is 12.9. The normalized spacial score (nSPS) is 14.1. The largest absolute Gasteiger partial charge is 0.480 e. The van der Waals surface area contributed by atoms with Crippen molar-refractivity contribution < 1.29 is 9.90 Å². The Hall–Kier alpha value is -3.61. The van der Waals surface area contributed by atoms with E-state index in [9.17, 15) is 14.7 Å². The Morgan fingerprint density at radius 3 is 2.61 bits per heavy atom. The third kappa shape index (κ3) is 3.26. The molecule has 1 N–H and O–H groups in total. The zero-order valence-corrected chi connectivity index (χ0v) is 17.6. The van der Waals surface area contributed by atoms with Gasteiger partial charge in [-0.15, -0.1) is 0 Å². The summed E-state index contributed by atoms with van der Waals surface area (Å²) in [4.78, 5) is 24.1. The van der Waals surface area contributed by atoms with Crippen molar-refractivity contribution in [2.24, 2.45) is 7.05 Å². The Balaban J connectivity index is 1.68. The fourth-order valence-corrected chi connectivity index (χ4v) is 4.39. The number of aliphatic carboxylic acids is 1. The maximum atomic E-state index is 12.9. The molecule has 4 aromatic rings. The molecule has 0 bridgehead atoms. The third-order valence-corrected chi connectivity index (χ3v) is 6.19. The summed E-state index contributed by atoms with van der Waals surface area (Å²) in [5.74, 6) is -0.944. The van der Waals surface area contributed by atoms with E-state index in [1.165, 1.54) is 4.68 Å². The zero-order valence-electron chi connectivity index (χ0n) is 17.6. The van der Waals surface area contributed by atoms with Gasteiger partial charge in [-0.2, -0.15) is 5.10 Å². The third-order valence-electron chi connectivity index (χ3n) is 6.19. The number of rotatable bonds is 5. The van der Waals surface area contributed by atoms with Gasteiger partial charge >= 0.3 is 11.7 Å². The first-order valence-corrected chi connectivity index (χ1v) is 10.5. The first-order chi connectivity index (χ1) is 14.9. The number of benzene rings is 2. The molecule has 2 aromatic carbocycles. The number of aryl methyl sites for hydroxylation is 2. The summed E-state index contributed by atoms with van der Waals surface area (Å²) in [7, 11) is 1.80. The van der Waals surface area contributed by atoms with Crippen molar-refractivity contribution in [3.63, 3.8) is 0 Å². The van der Waals surface area contributed by atoms with Gasteiger partial charge in [0.15, 0.2) is 0 Å². The van der Waals surface area contributed by atoms with E-state index >= 15 is 0 Å². The lowest BCUT2D eigenvalue weighted by atomic mass is 9.92. The lowest BCUT2D eigenvalue weighted by molar-refractivity contribution is -0.137. The second kappa shape index (κ2) is 7.27. The first kappa shape index (κ1) is 19.4. The van der Waals surface area contributed by atoms with Gasteiger partial charge in [0.2, 0.25) is 0 Å². The van der Waals surface area contributed by atoms with Gasteiger partial charge in [0.25, 0.3) is 0 Å². The molecule has 158 valence electrons.